The van der Waals surface area contributed by atoms with Crippen LogP contribution in [-0.4, -0.2) is 19.5 Å². The van der Waals surface area contributed by atoms with Crippen molar-refractivity contribution in [2.45, 2.75) is 52.2 Å². The van der Waals surface area contributed by atoms with E-state index in [-0.39, 0.29) is 6.10 Å². The van der Waals surface area contributed by atoms with Crippen molar-refractivity contribution in [1.82, 2.24) is 14.3 Å². The number of aliphatic hydroxyl groups excluding tert-OH is 1. The molecule has 2 heterocycles. The number of nitrogens with zero attached hydrogens (tertiary/aromatic N) is 3. The van der Waals surface area contributed by atoms with Gasteiger partial charge < -0.3 is 9.67 Å². The molecule has 2 aromatic rings. The summed E-state index contributed by atoms with van der Waals surface area (Å²) >= 11 is 0. The zero-order valence-electron chi connectivity index (χ0n) is 11.8. The maximum atomic E-state index is 10.1. The lowest BCUT2D eigenvalue weighted by molar-refractivity contribution is 0.156. The quantitative estimate of drug-likeness (QED) is 0.901. The van der Waals surface area contributed by atoms with Crippen LogP contribution in [0.1, 0.15) is 55.8 Å². The maximum absolute atomic E-state index is 10.1. The fraction of sp³-hybridized carbons (Fsp3) is 0.533. The third-order valence-corrected chi connectivity index (χ3v) is 3.95. The van der Waals surface area contributed by atoms with E-state index in [0.29, 0.717) is 6.04 Å². The van der Waals surface area contributed by atoms with Gasteiger partial charge in [0, 0.05) is 29.2 Å². The van der Waals surface area contributed by atoms with Crippen LogP contribution in [0.15, 0.2) is 18.5 Å². The molecule has 1 aliphatic carbocycles. The first-order chi connectivity index (χ1) is 9.08. The van der Waals surface area contributed by atoms with Crippen LogP contribution < -0.4 is 0 Å². The molecule has 0 aromatic carbocycles. The van der Waals surface area contributed by atoms with E-state index in [9.17, 15) is 5.11 Å². The molecule has 102 valence electrons. The van der Waals surface area contributed by atoms with Gasteiger partial charge in [-0.05, 0) is 46.1 Å². The van der Waals surface area contributed by atoms with Gasteiger partial charge in [0.1, 0.15) is 0 Å². The Bertz CT molecular complexity index is 595. The summed E-state index contributed by atoms with van der Waals surface area (Å²) in [6, 6.07) is 2.48. The third-order valence-electron chi connectivity index (χ3n) is 3.95. The Hall–Kier alpha value is -1.55. The van der Waals surface area contributed by atoms with Gasteiger partial charge in [-0.1, -0.05) is 0 Å². The van der Waals surface area contributed by atoms with Crippen LogP contribution >= 0.6 is 0 Å². The third kappa shape index (κ3) is 2.00. The summed E-state index contributed by atoms with van der Waals surface area (Å²) in [7, 11) is 0. The number of hydrogen-bond donors (Lipinski definition) is 1. The lowest BCUT2D eigenvalue weighted by Gasteiger charge is -2.19. The van der Waals surface area contributed by atoms with Gasteiger partial charge in [-0.15, -0.1) is 0 Å². The van der Waals surface area contributed by atoms with E-state index in [1.807, 2.05) is 10.9 Å². The van der Waals surface area contributed by atoms with Gasteiger partial charge >= 0.3 is 0 Å². The molecule has 0 spiro atoms. The summed E-state index contributed by atoms with van der Waals surface area (Å²) in [5.74, 6) is 0. The molecule has 1 N–H and O–H groups in total. The average Bonchev–Trinajstić information content (AvgIpc) is 2.93. The Balaban J connectivity index is 2.09. The lowest BCUT2D eigenvalue weighted by Crippen LogP contribution is -2.11. The van der Waals surface area contributed by atoms with Crippen LogP contribution in [0, 0.1) is 6.92 Å². The highest BCUT2D eigenvalue weighted by atomic mass is 16.3. The number of fused-ring (bicyclic) bond motifs is 1. The summed E-state index contributed by atoms with van der Waals surface area (Å²) in [4.78, 5) is 0. The fourth-order valence-electron chi connectivity index (χ4n) is 2.96. The molecule has 4 heteroatoms. The normalized spacial score (nSPS) is 18.9. The zero-order valence-corrected chi connectivity index (χ0v) is 11.8. The molecule has 3 rings (SSSR count). The summed E-state index contributed by atoms with van der Waals surface area (Å²) in [6.45, 7) is 6.34. The SMILES string of the molecule is Cc1cc2c(n1-c1cnn(C(C)C)c1)CCCC2O. The molecule has 0 amide bonds. The molecule has 19 heavy (non-hydrogen) atoms. The Morgan fingerprint density at radius 3 is 2.89 bits per heavy atom. The average molecular weight is 259 g/mol. The van der Waals surface area contributed by atoms with E-state index < -0.39 is 0 Å². The second-order valence-corrected chi connectivity index (χ2v) is 5.70. The molecular formula is C15H21N3O. The number of aromatic nitrogens is 3. The highest BCUT2D eigenvalue weighted by Crippen LogP contribution is 2.33. The number of aliphatic hydroxyl groups is 1. The van der Waals surface area contributed by atoms with Crippen LogP contribution in [0.5, 0.6) is 0 Å². The van der Waals surface area contributed by atoms with Crippen LogP contribution in [-0.2, 0) is 6.42 Å². The Morgan fingerprint density at radius 2 is 2.21 bits per heavy atom. The minimum atomic E-state index is -0.302. The summed E-state index contributed by atoms with van der Waals surface area (Å²) < 4.78 is 4.21. The molecular weight excluding hydrogens is 238 g/mol. The van der Waals surface area contributed by atoms with Crippen molar-refractivity contribution in [2.24, 2.45) is 0 Å². The second kappa shape index (κ2) is 4.53. The Labute approximate surface area is 113 Å². The van der Waals surface area contributed by atoms with Crippen LogP contribution in [0.25, 0.3) is 5.69 Å². The first kappa shape index (κ1) is 12.5. The molecule has 1 unspecified atom stereocenters. The summed E-state index contributed by atoms with van der Waals surface area (Å²) in [5, 5.41) is 14.5. The minimum absolute atomic E-state index is 0.302. The van der Waals surface area contributed by atoms with Gasteiger partial charge in [0.15, 0.2) is 0 Å². The largest absolute Gasteiger partial charge is 0.388 e. The molecule has 4 nitrogen and oxygen atoms in total. The van der Waals surface area contributed by atoms with Crippen molar-refractivity contribution in [3.05, 3.63) is 35.4 Å². The predicted octanol–water partition coefficient (Wildman–Crippen LogP) is 2.93. The molecule has 0 radical (unpaired) electrons. The second-order valence-electron chi connectivity index (χ2n) is 5.70. The van der Waals surface area contributed by atoms with Gasteiger partial charge in [-0.25, -0.2) is 0 Å². The van der Waals surface area contributed by atoms with E-state index in [4.69, 9.17) is 0 Å². The lowest BCUT2D eigenvalue weighted by atomic mass is 9.95. The molecule has 1 aliphatic rings. The molecule has 0 saturated carbocycles. The fourth-order valence-corrected chi connectivity index (χ4v) is 2.96. The molecule has 2 aromatic heterocycles. The van der Waals surface area contributed by atoms with Gasteiger partial charge in [0.25, 0.3) is 0 Å². The first-order valence-electron chi connectivity index (χ1n) is 7.01. The minimum Gasteiger partial charge on any atom is -0.388 e. The van der Waals surface area contributed by atoms with Crippen LogP contribution in [0.2, 0.25) is 0 Å². The topological polar surface area (TPSA) is 43.0 Å². The molecule has 1 atom stereocenters. The van der Waals surface area contributed by atoms with Crippen molar-refractivity contribution >= 4 is 0 Å². The smallest absolute Gasteiger partial charge is 0.0837 e. The number of hydrogen-bond acceptors (Lipinski definition) is 2. The molecule has 0 aliphatic heterocycles. The van der Waals surface area contributed by atoms with Crippen molar-refractivity contribution < 1.29 is 5.11 Å². The molecule has 0 saturated heterocycles. The van der Waals surface area contributed by atoms with Crippen molar-refractivity contribution in [3.8, 4) is 5.69 Å². The Morgan fingerprint density at radius 1 is 1.42 bits per heavy atom. The van der Waals surface area contributed by atoms with E-state index in [0.717, 1.165) is 30.5 Å². The first-order valence-corrected chi connectivity index (χ1v) is 7.01. The van der Waals surface area contributed by atoms with Crippen molar-refractivity contribution in [3.63, 3.8) is 0 Å². The predicted molar refractivity (Wildman–Crippen MR) is 74.6 cm³/mol. The van der Waals surface area contributed by atoms with E-state index in [1.54, 1.807) is 0 Å². The molecule has 0 fully saturated rings. The van der Waals surface area contributed by atoms with Gasteiger partial charge in [-0.3, -0.25) is 4.68 Å². The highest BCUT2D eigenvalue weighted by Gasteiger charge is 2.24. The van der Waals surface area contributed by atoms with E-state index in [2.05, 4.69) is 42.7 Å². The maximum Gasteiger partial charge on any atom is 0.0837 e. The standard InChI is InChI=1S/C15H21N3O/c1-10(2)17-9-12(8-16-17)18-11(3)7-13-14(18)5-4-6-15(13)19/h7-10,15,19H,4-6H2,1-3H3. The summed E-state index contributed by atoms with van der Waals surface area (Å²) in [6.07, 6.45) is 6.65. The van der Waals surface area contributed by atoms with Crippen LogP contribution in [0.4, 0.5) is 0 Å². The molecule has 0 bridgehead atoms. The van der Waals surface area contributed by atoms with E-state index >= 15 is 0 Å². The van der Waals surface area contributed by atoms with Gasteiger partial charge in [-0.2, -0.15) is 5.10 Å². The monoisotopic (exact) mass is 259 g/mol. The highest BCUT2D eigenvalue weighted by molar-refractivity contribution is 5.41. The van der Waals surface area contributed by atoms with Crippen molar-refractivity contribution in [1.29, 1.82) is 0 Å². The number of rotatable bonds is 2. The number of aryl methyl sites for hydroxylation is 1. The summed E-state index contributed by atoms with van der Waals surface area (Å²) in [5.41, 5.74) is 4.62. The van der Waals surface area contributed by atoms with Crippen LogP contribution in [0.3, 0.4) is 0 Å². The van der Waals surface area contributed by atoms with Crippen molar-refractivity contribution in [2.75, 3.05) is 0 Å². The van der Waals surface area contributed by atoms with Gasteiger partial charge in [0.2, 0.25) is 0 Å². The van der Waals surface area contributed by atoms with E-state index in [1.165, 1.54) is 11.4 Å². The van der Waals surface area contributed by atoms with Gasteiger partial charge in [0.05, 0.1) is 18.0 Å². The zero-order chi connectivity index (χ0) is 13.6. The Kier molecular flexibility index (Phi) is 2.97.